The third kappa shape index (κ3) is 18.8. The van der Waals surface area contributed by atoms with Crippen LogP contribution in [0.2, 0.25) is 0 Å². The number of carbonyl (C=O) groups is 2. The zero-order valence-electron chi connectivity index (χ0n) is 68.2. The van der Waals surface area contributed by atoms with Gasteiger partial charge in [0.15, 0.2) is 11.6 Å². The van der Waals surface area contributed by atoms with Crippen molar-refractivity contribution in [2.24, 2.45) is 0 Å². The van der Waals surface area contributed by atoms with Gasteiger partial charge in [-0.15, -0.1) is 82.4 Å². The molecule has 130 heavy (non-hydrogen) atoms. The van der Waals surface area contributed by atoms with E-state index in [4.69, 9.17) is 33.8 Å². The maximum absolute atomic E-state index is 14.8. The van der Waals surface area contributed by atoms with E-state index in [0.717, 1.165) is 95.6 Å². The van der Waals surface area contributed by atoms with Crippen molar-refractivity contribution in [3.05, 3.63) is 341 Å². The predicted octanol–water partition coefficient (Wildman–Crippen LogP) is 10.4. The Bertz CT molecular complexity index is 6310. The molecule has 0 saturated carbocycles. The van der Waals surface area contributed by atoms with Crippen molar-refractivity contribution in [1.82, 2.24) is 39.9 Å². The van der Waals surface area contributed by atoms with Crippen LogP contribution in [0.4, 0.5) is 0 Å². The van der Waals surface area contributed by atoms with Gasteiger partial charge in [0.2, 0.25) is 0 Å². The number of allylic oxidation sites excluding steroid dienone is 4. The number of hydrogen-bond donors (Lipinski definition) is 2. The van der Waals surface area contributed by atoms with Crippen LogP contribution < -0.4 is 99.3 Å². The summed E-state index contributed by atoms with van der Waals surface area (Å²) in [5.41, 5.74) is 7.18. The van der Waals surface area contributed by atoms with Gasteiger partial charge in [-0.05, 0) is 73.2 Å². The minimum Gasteiger partial charge on any atom is -0.302 e. The molecule has 4 radical (unpaired) electrons. The zero-order chi connectivity index (χ0) is 86.6. The van der Waals surface area contributed by atoms with Crippen LogP contribution in [-0.4, -0.2) is 121 Å². The van der Waals surface area contributed by atoms with Crippen LogP contribution in [-0.2, 0) is 123 Å². The van der Waals surface area contributed by atoms with Gasteiger partial charge >= 0.3 is 352 Å². The van der Waals surface area contributed by atoms with Crippen molar-refractivity contribution in [3.8, 4) is 45.0 Å². The van der Waals surface area contributed by atoms with E-state index in [1.165, 1.54) is 128 Å². The average molecular weight is 2850 g/mol. The number of ketones is 2. The fourth-order valence-corrected chi connectivity index (χ4v) is 56.3. The maximum atomic E-state index is 14.8. The molecule has 0 aliphatic carbocycles. The van der Waals surface area contributed by atoms with Crippen molar-refractivity contribution in [1.29, 1.82) is 0 Å². The second kappa shape index (κ2) is 41.8. The molecule has 14 nitrogen and oxygen atoms in total. The summed E-state index contributed by atoms with van der Waals surface area (Å²) in [5.74, 6) is -0.125. The van der Waals surface area contributed by atoms with Crippen molar-refractivity contribution < 1.29 is 109 Å². The van der Waals surface area contributed by atoms with Crippen LogP contribution in [0, 0.1) is 24.3 Å². The monoisotopic (exact) mass is 2860 g/mol. The van der Waals surface area contributed by atoms with Crippen molar-refractivity contribution >= 4 is 268 Å². The van der Waals surface area contributed by atoms with Gasteiger partial charge in [-0.1, -0.05) is 127 Å². The van der Waals surface area contributed by atoms with Crippen molar-refractivity contribution in [2.45, 2.75) is 66.9 Å². The van der Waals surface area contributed by atoms with Crippen LogP contribution in [0.5, 0.6) is 0 Å². The number of carbonyl (C=O) groups excluding carboxylic acids is 2. The molecule has 652 valence electrons. The molecule has 4 aromatic heterocycles. The van der Waals surface area contributed by atoms with Gasteiger partial charge in [-0.2, -0.15) is 0 Å². The standard InChI is InChI=1S/2C22H12N2OPSe2.2C22H12N2PS3.2C5H8O2.4Ir/c2*25-26-16-5-1-3-7-18(16)27-20-11-14(15-13-23-9-10-24-15)12-21(22(20)26)28-19-8-4-2-6-17(19)26;2*26-25-16-5-1-3-7-18(16)27-20-11-14(15-13-23-9-10-24-15)12-21(22(20)25)28-19-8-4-2-6-17(19)25;2*1-4(6)3-5(2)7;;;;/h4*1-11,13H;2*3,6H,1-2H3;;;;/q4*-1;;;;;;. The quantitative estimate of drug-likeness (QED) is 0.0521. The first-order valence-electron chi connectivity index (χ1n) is 39.1. The summed E-state index contributed by atoms with van der Waals surface area (Å²) >= 11 is 20.7. The number of aliphatic hydroxyl groups excluding tert-OH is 2. The summed E-state index contributed by atoms with van der Waals surface area (Å²) in [6.07, 6.45) is 23.1. The molecule has 0 bridgehead atoms. The maximum Gasteiger partial charge on any atom is 0.0432 e. The second-order valence-corrected chi connectivity index (χ2v) is 56.1. The Hall–Kier alpha value is -6.78. The second-order valence-electron chi connectivity index (χ2n) is 29.1. The fraction of sp³-hybridized carbons (Fsp3) is 0.0408. The third-order valence-electron chi connectivity index (χ3n) is 20.7. The molecule has 0 spiro atoms. The van der Waals surface area contributed by atoms with E-state index in [0.29, 0.717) is 0 Å². The summed E-state index contributed by atoms with van der Waals surface area (Å²) in [4.78, 5) is 64.6. The number of benzene rings is 12. The van der Waals surface area contributed by atoms with Crippen LogP contribution in [0.3, 0.4) is 0 Å². The first-order chi connectivity index (χ1) is 61.2. The molecule has 12 heterocycles. The van der Waals surface area contributed by atoms with Gasteiger partial charge in [0.05, 0.1) is 11.5 Å². The van der Waals surface area contributed by atoms with E-state index >= 15 is 0 Å². The fourth-order valence-electron chi connectivity index (χ4n) is 15.6. The van der Waals surface area contributed by atoms with Gasteiger partial charge in [-0.25, -0.2) is 0 Å². The number of rotatable bonds is 6. The Labute approximate surface area is 859 Å². The van der Waals surface area contributed by atoms with Gasteiger partial charge in [0.1, 0.15) is 0 Å². The predicted molar refractivity (Wildman–Crippen MR) is 527 cm³/mol. The van der Waals surface area contributed by atoms with E-state index in [9.17, 15) is 18.7 Å². The summed E-state index contributed by atoms with van der Waals surface area (Å²) in [7, 11) is -5.73. The SMILES string of the molecule is CC(=O)C=C(C)O.CC(=O)C=C(C)O.O=P12c3ccccc3[Se]c3[c-]c(-c4cnccn4)cc(c31)[Se]c1ccccc12.O=P12c3ccccc3[Se]c3[c-]c(-c4cnccn4)cc(c31)[Se]c1ccccc12.S=P12c3ccccc3Sc3[c-]c(-c4cnccn4)cc(c31)Sc1ccccc12.S=P12c3ccccc3Sc3[c-]c(-c4cnccn4)cc(c31)Sc1ccccc12.[Ir].[Ir].[Ir].[Ir]. The number of aliphatic hydroxyl groups is 2. The number of aromatic nitrogens is 8. The van der Waals surface area contributed by atoms with Crippen molar-refractivity contribution in [2.75, 3.05) is 0 Å². The molecule has 16 aromatic rings. The summed E-state index contributed by atoms with van der Waals surface area (Å²) in [6, 6.07) is 86.4. The molecule has 8 aliphatic heterocycles. The summed E-state index contributed by atoms with van der Waals surface area (Å²) in [6.45, 7) is 5.70. The topological polar surface area (TPSA) is 212 Å². The molecule has 2 N–H and O–H groups in total. The molecule has 32 heteroatoms. The van der Waals surface area contributed by atoms with Gasteiger partial charge in [0, 0.05) is 173 Å². The first-order valence-corrected chi connectivity index (χ1v) is 58.2. The van der Waals surface area contributed by atoms with E-state index < -0.39 is 26.4 Å². The summed E-state index contributed by atoms with van der Waals surface area (Å²) < 4.78 is 39.0. The molecular weight excluding hydrogens is 2790 g/mol. The van der Waals surface area contributed by atoms with Gasteiger partial charge in [-0.3, -0.25) is 19.6 Å². The van der Waals surface area contributed by atoms with Crippen molar-refractivity contribution in [3.63, 3.8) is 0 Å². The molecule has 4 unspecified atom stereocenters. The molecule has 12 aromatic carbocycles. The Morgan fingerprint density at radius 1 is 0.323 bits per heavy atom. The van der Waals surface area contributed by atoms with E-state index in [1.54, 1.807) is 97.9 Å². The largest absolute Gasteiger partial charge is 0.302 e. The Balaban J connectivity index is 0.000000125. The number of hydrogen-bond acceptors (Lipinski definition) is 20. The van der Waals surface area contributed by atoms with Crippen LogP contribution in [0.25, 0.3) is 45.0 Å². The normalized spacial score (nSPS) is 17.4. The van der Waals surface area contributed by atoms with Crippen LogP contribution in [0.15, 0.2) is 356 Å². The molecule has 0 fully saturated rings. The molecule has 0 amide bonds. The van der Waals surface area contributed by atoms with Crippen LogP contribution in [0.1, 0.15) is 27.7 Å². The van der Waals surface area contributed by atoms with Gasteiger partial charge < -0.3 is 20.2 Å². The Morgan fingerprint density at radius 3 is 0.854 bits per heavy atom. The minimum atomic E-state index is -2.86. The number of fused-ring (bicyclic) bond motifs is 16. The minimum absolute atomic E-state index is 0. The molecular formula is C98H64Ir4N8O6P4S6Se4-4. The molecule has 4 atom stereocenters. The average Bonchev–Trinajstić information content (AvgIpc) is 0.716. The molecule has 0 saturated heterocycles. The van der Waals surface area contributed by atoms with Gasteiger partial charge in [0.25, 0.3) is 0 Å². The third-order valence-corrected chi connectivity index (χ3v) is 54.7. The van der Waals surface area contributed by atoms with Crippen LogP contribution >= 0.6 is 73.4 Å². The van der Waals surface area contributed by atoms with E-state index in [-0.39, 0.29) is 163 Å². The number of nitrogens with zero attached hydrogens (tertiary/aromatic N) is 8. The zero-order valence-corrected chi connectivity index (χ0v) is 93.1. The Kier molecular flexibility index (Phi) is 31.4. The molecule has 8 aliphatic rings. The first kappa shape index (κ1) is 97.7. The van der Waals surface area contributed by atoms with E-state index in [1.807, 2.05) is 59.9 Å². The summed E-state index contributed by atoms with van der Waals surface area (Å²) in [5, 5.41) is 30.7. The van der Waals surface area contributed by atoms with E-state index in [2.05, 4.69) is 246 Å². The molecule has 24 rings (SSSR count). The smallest absolute Gasteiger partial charge is 0.0432 e. The Morgan fingerprint density at radius 2 is 0.585 bits per heavy atom.